The third-order valence-corrected chi connectivity index (χ3v) is 4.28. The Kier molecular flexibility index (Phi) is 2.36. The molecule has 1 aliphatic carbocycles. The minimum absolute atomic E-state index is 0.0636. The van der Waals surface area contributed by atoms with Gasteiger partial charge in [0.1, 0.15) is 11.9 Å². The number of ether oxygens (including phenoxy) is 1. The lowest BCUT2D eigenvalue weighted by Crippen LogP contribution is -2.31. The highest BCUT2D eigenvalue weighted by atomic mass is 19.1. The topological polar surface area (TPSA) is 29.6 Å². The average molecular weight is 268 g/mol. The molecule has 100 valence electrons. The number of fused-ring (bicyclic) bond motifs is 1. The molecule has 2 nitrogen and oxygen atoms in total. The molecule has 20 heavy (non-hydrogen) atoms. The fourth-order valence-corrected chi connectivity index (χ4v) is 3.14. The molecule has 0 N–H and O–H groups in total. The first-order valence-electron chi connectivity index (χ1n) is 6.77. The van der Waals surface area contributed by atoms with Crippen LogP contribution >= 0.6 is 0 Å². The minimum Gasteiger partial charge on any atom is -0.352 e. The fourth-order valence-electron chi connectivity index (χ4n) is 3.14. The van der Waals surface area contributed by atoms with Crippen LogP contribution in [-0.4, -0.2) is 11.4 Å². The molecule has 0 amide bonds. The molecule has 1 spiro atoms. The van der Waals surface area contributed by atoms with E-state index in [1.807, 2.05) is 24.3 Å². The quantitative estimate of drug-likeness (QED) is 0.741. The molecule has 1 fully saturated rings. The first kappa shape index (κ1) is 11.8. The second-order valence-corrected chi connectivity index (χ2v) is 5.43. The molecule has 2 aromatic rings. The van der Waals surface area contributed by atoms with E-state index in [1.165, 1.54) is 12.1 Å². The van der Waals surface area contributed by atoms with E-state index < -0.39 is 5.60 Å². The number of carbonyl (C=O) groups is 1. The second-order valence-electron chi connectivity index (χ2n) is 5.43. The van der Waals surface area contributed by atoms with Crippen LogP contribution in [0.25, 0.3) is 0 Å². The number of rotatable bonds is 1. The summed E-state index contributed by atoms with van der Waals surface area (Å²) in [5, 5.41) is 0. The smallest absolute Gasteiger partial charge is 0.198 e. The Balaban J connectivity index is 1.69. The predicted octanol–water partition coefficient (Wildman–Crippen LogP) is 3.46. The maximum Gasteiger partial charge on any atom is 0.198 e. The van der Waals surface area contributed by atoms with Crippen LogP contribution in [0.1, 0.15) is 34.0 Å². The molecule has 1 saturated heterocycles. The summed E-state index contributed by atoms with van der Waals surface area (Å²) in [4.78, 5) is 12.7. The van der Waals surface area contributed by atoms with Crippen LogP contribution in [0.4, 0.5) is 4.39 Å². The normalized spacial score (nSPS) is 27.4. The van der Waals surface area contributed by atoms with Crippen molar-refractivity contribution in [2.75, 3.05) is 0 Å². The largest absolute Gasteiger partial charge is 0.352 e. The molecule has 0 unspecified atom stereocenters. The van der Waals surface area contributed by atoms with Crippen molar-refractivity contribution in [2.45, 2.75) is 24.5 Å². The lowest BCUT2D eigenvalue weighted by atomic mass is 9.79. The van der Waals surface area contributed by atoms with E-state index in [1.54, 1.807) is 12.1 Å². The van der Waals surface area contributed by atoms with Gasteiger partial charge in [-0.2, -0.15) is 0 Å². The third-order valence-electron chi connectivity index (χ3n) is 4.28. The molecule has 1 aliphatic heterocycles. The van der Waals surface area contributed by atoms with Crippen molar-refractivity contribution in [3.05, 3.63) is 71.0 Å². The van der Waals surface area contributed by atoms with Crippen LogP contribution in [0.15, 0.2) is 48.5 Å². The van der Waals surface area contributed by atoms with Crippen molar-refractivity contribution in [1.82, 2.24) is 0 Å². The van der Waals surface area contributed by atoms with Crippen LogP contribution < -0.4 is 0 Å². The van der Waals surface area contributed by atoms with Gasteiger partial charge in [0.2, 0.25) is 0 Å². The van der Waals surface area contributed by atoms with Gasteiger partial charge < -0.3 is 4.74 Å². The number of carbonyl (C=O) groups excluding carboxylic acids is 1. The number of ketones is 1. The van der Waals surface area contributed by atoms with E-state index in [4.69, 9.17) is 4.74 Å². The van der Waals surface area contributed by atoms with E-state index in [2.05, 4.69) is 0 Å². The lowest BCUT2D eigenvalue weighted by Gasteiger charge is -2.20. The molecular weight excluding hydrogens is 255 g/mol. The summed E-state index contributed by atoms with van der Waals surface area (Å²) in [6.07, 6.45) is 1.31. The molecule has 2 aliphatic rings. The van der Waals surface area contributed by atoms with Crippen molar-refractivity contribution < 1.29 is 13.9 Å². The molecular formula is C17H13FO2. The van der Waals surface area contributed by atoms with Crippen molar-refractivity contribution in [3.8, 4) is 0 Å². The summed E-state index contributed by atoms with van der Waals surface area (Å²) >= 11 is 0. The van der Waals surface area contributed by atoms with Crippen LogP contribution in [0.5, 0.6) is 0 Å². The summed E-state index contributed by atoms with van der Waals surface area (Å²) in [6.45, 7) is 0. The Morgan fingerprint density at radius 3 is 2.65 bits per heavy atom. The zero-order valence-corrected chi connectivity index (χ0v) is 10.8. The molecule has 0 saturated carbocycles. The summed E-state index contributed by atoms with van der Waals surface area (Å²) in [7, 11) is 0. The summed E-state index contributed by atoms with van der Waals surface area (Å²) in [5.74, 6) is -0.211. The van der Waals surface area contributed by atoms with Gasteiger partial charge in [0.15, 0.2) is 11.4 Å². The number of epoxide rings is 1. The second kappa shape index (κ2) is 4.00. The van der Waals surface area contributed by atoms with Gasteiger partial charge in [-0.3, -0.25) is 4.79 Å². The number of benzene rings is 2. The number of hydrogen-bond acceptors (Lipinski definition) is 2. The Morgan fingerprint density at radius 1 is 1.10 bits per heavy atom. The van der Waals surface area contributed by atoms with Gasteiger partial charge >= 0.3 is 0 Å². The Hall–Kier alpha value is -2.00. The van der Waals surface area contributed by atoms with Gasteiger partial charge in [-0.25, -0.2) is 4.39 Å². The number of aryl methyl sites for hydroxylation is 1. The van der Waals surface area contributed by atoms with Crippen LogP contribution in [-0.2, 0) is 11.2 Å². The highest BCUT2D eigenvalue weighted by Gasteiger charge is 2.63. The van der Waals surface area contributed by atoms with Crippen LogP contribution in [0.2, 0.25) is 0 Å². The molecule has 4 rings (SSSR count). The van der Waals surface area contributed by atoms with Gasteiger partial charge in [0.25, 0.3) is 0 Å². The average Bonchev–Trinajstić information content (AvgIpc) is 3.20. The van der Waals surface area contributed by atoms with Crippen molar-refractivity contribution in [1.29, 1.82) is 0 Å². The maximum absolute atomic E-state index is 13.0. The molecule has 1 heterocycles. The highest BCUT2D eigenvalue weighted by molar-refractivity contribution is 6.07. The first-order chi connectivity index (χ1) is 9.71. The van der Waals surface area contributed by atoms with E-state index >= 15 is 0 Å². The number of halogens is 1. The molecule has 2 aromatic carbocycles. The van der Waals surface area contributed by atoms with E-state index in [0.717, 1.165) is 23.1 Å². The minimum atomic E-state index is -0.716. The molecule has 0 aromatic heterocycles. The third kappa shape index (κ3) is 1.56. The number of hydrogen-bond donors (Lipinski definition) is 0. The Morgan fingerprint density at radius 2 is 1.85 bits per heavy atom. The standard InChI is InChI=1S/C17H13FO2/c18-13-7-5-12(6-8-13)16-17(20-16)10-9-11-3-1-2-4-14(11)15(17)19/h1-8,16H,9-10H2/t16-,17+/m1/s1. The summed E-state index contributed by atoms with van der Waals surface area (Å²) in [6, 6.07) is 13.9. The monoisotopic (exact) mass is 268 g/mol. The van der Waals surface area contributed by atoms with Crippen LogP contribution in [0, 0.1) is 5.82 Å². The summed E-state index contributed by atoms with van der Waals surface area (Å²) in [5.41, 5.74) is 2.02. The van der Waals surface area contributed by atoms with Crippen LogP contribution in [0.3, 0.4) is 0 Å². The zero-order valence-electron chi connectivity index (χ0n) is 10.8. The number of Topliss-reactive ketones (excluding diaryl/α,β-unsaturated/α-hetero) is 1. The first-order valence-corrected chi connectivity index (χ1v) is 6.77. The predicted molar refractivity (Wildman–Crippen MR) is 72.1 cm³/mol. The molecule has 3 heteroatoms. The molecule has 0 bridgehead atoms. The Bertz CT molecular complexity index is 692. The van der Waals surface area contributed by atoms with E-state index in [-0.39, 0.29) is 17.7 Å². The molecule has 0 radical (unpaired) electrons. The van der Waals surface area contributed by atoms with Gasteiger partial charge in [-0.1, -0.05) is 36.4 Å². The van der Waals surface area contributed by atoms with Gasteiger partial charge in [-0.05, 0) is 36.1 Å². The fraction of sp³-hybridized carbons (Fsp3) is 0.235. The van der Waals surface area contributed by atoms with E-state index in [0.29, 0.717) is 6.42 Å². The van der Waals surface area contributed by atoms with E-state index in [9.17, 15) is 9.18 Å². The van der Waals surface area contributed by atoms with Crippen molar-refractivity contribution in [3.63, 3.8) is 0 Å². The lowest BCUT2D eigenvalue weighted by molar-refractivity contribution is 0.0850. The maximum atomic E-state index is 13.0. The summed E-state index contributed by atoms with van der Waals surface area (Å²) < 4.78 is 18.7. The Labute approximate surface area is 116 Å². The van der Waals surface area contributed by atoms with Crippen molar-refractivity contribution >= 4 is 5.78 Å². The SMILES string of the molecule is O=C1c2ccccc2CC[C@]12O[C@@H]2c1ccc(F)cc1. The zero-order chi connectivity index (χ0) is 13.7. The van der Waals surface area contributed by atoms with Gasteiger partial charge in [-0.15, -0.1) is 0 Å². The van der Waals surface area contributed by atoms with Crippen molar-refractivity contribution in [2.24, 2.45) is 0 Å². The highest BCUT2D eigenvalue weighted by Crippen LogP contribution is 2.56. The molecule has 2 atom stereocenters. The van der Waals surface area contributed by atoms with Gasteiger partial charge in [0, 0.05) is 5.56 Å². The van der Waals surface area contributed by atoms with Gasteiger partial charge in [0.05, 0.1) is 0 Å².